The Bertz CT molecular complexity index is 1110. The fraction of sp³-hybridized carbons (Fsp3) is 0.286. The van der Waals surface area contributed by atoms with Gasteiger partial charge in [0.25, 0.3) is 0 Å². The first-order chi connectivity index (χ1) is 12.6. The summed E-state index contributed by atoms with van der Waals surface area (Å²) in [6.07, 6.45) is 0. The summed E-state index contributed by atoms with van der Waals surface area (Å²) in [5.41, 5.74) is 8.56. The predicted octanol–water partition coefficient (Wildman–Crippen LogP) is 7.00. The van der Waals surface area contributed by atoms with Gasteiger partial charge in [0.2, 0.25) is 0 Å². The van der Waals surface area contributed by atoms with Crippen LogP contribution in [-0.2, 0) is 26.2 Å². The minimum absolute atomic E-state index is 0. The van der Waals surface area contributed by atoms with Crippen LogP contribution in [0, 0.1) is 56.4 Å². The van der Waals surface area contributed by atoms with Gasteiger partial charge < -0.3 is 14.9 Å². The van der Waals surface area contributed by atoms with E-state index < -0.39 is 8.07 Å². The summed E-state index contributed by atoms with van der Waals surface area (Å²) >= 11 is 0. The molecule has 0 saturated heterocycles. The summed E-state index contributed by atoms with van der Waals surface area (Å²) in [6, 6.07) is 14.0. The van der Waals surface area contributed by atoms with E-state index in [0.717, 1.165) is 0 Å². The van der Waals surface area contributed by atoms with Gasteiger partial charge in [-0.2, -0.15) is 10.4 Å². The van der Waals surface area contributed by atoms with Crippen LogP contribution in [0.25, 0.3) is 21.5 Å². The average molecular weight is 492 g/mol. The predicted molar refractivity (Wildman–Crippen MR) is 137 cm³/mol. The maximum atomic E-state index is 2.56. The summed E-state index contributed by atoms with van der Waals surface area (Å²) in [6.45, 7) is 18.8. The second kappa shape index (κ2) is 9.09. The first-order valence-electron chi connectivity index (χ1n) is 9.98. The molecule has 0 bridgehead atoms. The standard InChI is InChI=1S/C26H30Si.2CH3.Zr/c1-15-9-11-17(3)23-21(15)13-19(5)25(23)27(7,8)26-20(6)14-22-16(2)10-12-18(4)24(22)26;;;/h9-14H,1-8H3;2*1H3;/q-2;2*-1;+4. The second-order valence-electron chi connectivity index (χ2n) is 9.01. The third kappa shape index (κ3) is 3.76. The molecule has 0 atom stereocenters. The number of rotatable bonds is 2. The summed E-state index contributed by atoms with van der Waals surface area (Å²) in [7, 11) is -1.88. The molecule has 4 aromatic rings. The molecule has 0 aromatic heterocycles. The maximum absolute atomic E-state index is 2.56. The van der Waals surface area contributed by atoms with E-state index in [0.29, 0.717) is 0 Å². The van der Waals surface area contributed by atoms with Crippen LogP contribution < -0.4 is 10.4 Å². The average Bonchev–Trinajstić information content (AvgIpc) is 3.14. The Balaban J connectivity index is 0.00000150. The van der Waals surface area contributed by atoms with Crippen LogP contribution in [0.1, 0.15) is 33.4 Å². The van der Waals surface area contributed by atoms with Gasteiger partial charge in [-0.05, 0) is 13.8 Å². The van der Waals surface area contributed by atoms with E-state index in [1.54, 1.807) is 10.4 Å². The molecule has 4 rings (SSSR count). The molecule has 0 amide bonds. The van der Waals surface area contributed by atoms with Crippen LogP contribution in [0.15, 0.2) is 36.4 Å². The summed E-state index contributed by atoms with van der Waals surface area (Å²) in [4.78, 5) is 0. The van der Waals surface area contributed by atoms with Crippen molar-refractivity contribution in [3.63, 3.8) is 0 Å². The molecule has 0 heterocycles. The van der Waals surface area contributed by atoms with Crippen LogP contribution in [0.4, 0.5) is 0 Å². The van der Waals surface area contributed by atoms with Gasteiger partial charge in [-0.3, -0.25) is 0 Å². The molecule has 0 aliphatic rings. The van der Waals surface area contributed by atoms with E-state index in [1.807, 2.05) is 0 Å². The van der Waals surface area contributed by atoms with Crippen LogP contribution in [0.2, 0.25) is 13.1 Å². The zero-order valence-electron chi connectivity index (χ0n) is 20.5. The topological polar surface area (TPSA) is 0 Å². The SMILES string of the molecule is Cc1[cH-]c2c(C)ccc(C)c2c1[Si](C)(C)c1c(C)[cH-]c2c(C)ccc(C)c12.[CH3-].[CH3-].[Zr+4]. The van der Waals surface area contributed by atoms with Crippen molar-refractivity contribution in [1.82, 2.24) is 0 Å². The zero-order chi connectivity index (χ0) is 19.7. The van der Waals surface area contributed by atoms with Gasteiger partial charge in [-0.15, -0.1) is 68.1 Å². The fourth-order valence-corrected chi connectivity index (χ4v) is 9.69. The molecule has 0 radical (unpaired) electrons. The zero-order valence-corrected chi connectivity index (χ0v) is 23.9. The van der Waals surface area contributed by atoms with E-state index in [4.69, 9.17) is 0 Å². The van der Waals surface area contributed by atoms with Crippen molar-refractivity contribution in [2.45, 2.75) is 54.6 Å². The van der Waals surface area contributed by atoms with Crippen molar-refractivity contribution in [1.29, 1.82) is 0 Å². The summed E-state index contributed by atoms with van der Waals surface area (Å²) in [5, 5.41) is 9.20. The Morgan fingerprint density at radius 1 is 0.567 bits per heavy atom. The number of fused-ring (bicyclic) bond motifs is 2. The fourth-order valence-electron chi connectivity index (χ4n) is 5.41. The molecule has 30 heavy (non-hydrogen) atoms. The molecule has 4 aromatic carbocycles. The monoisotopic (exact) mass is 490 g/mol. The second-order valence-corrected chi connectivity index (χ2v) is 13.3. The van der Waals surface area contributed by atoms with Gasteiger partial charge in [0.05, 0.1) is 0 Å². The van der Waals surface area contributed by atoms with Crippen molar-refractivity contribution < 1.29 is 26.2 Å². The van der Waals surface area contributed by atoms with Gasteiger partial charge in [0, 0.05) is 8.07 Å². The molecule has 0 nitrogen and oxygen atoms in total. The number of benzene rings is 2. The molecule has 156 valence electrons. The molecule has 0 aliphatic heterocycles. The Kier molecular flexibility index (Phi) is 8.12. The maximum Gasteiger partial charge on any atom is 4.00 e. The van der Waals surface area contributed by atoms with Gasteiger partial charge >= 0.3 is 26.2 Å². The van der Waals surface area contributed by atoms with Crippen molar-refractivity contribution in [2.24, 2.45) is 0 Å². The van der Waals surface area contributed by atoms with E-state index in [9.17, 15) is 0 Å². The Morgan fingerprint density at radius 3 is 1.20 bits per heavy atom. The first kappa shape index (κ1) is 26.8. The van der Waals surface area contributed by atoms with Gasteiger partial charge in [0.15, 0.2) is 0 Å². The molecule has 0 N–H and O–H groups in total. The third-order valence-electron chi connectivity index (χ3n) is 6.60. The van der Waals surface area contributed by atoms with Crippen LogP contribution in [0.3, 0.4) is 0 Å². The molecule has 2 heteroatoms. The Morgan fingerprint density at radius 2 is 0.867 bits per heavy atom. The first-order valence-corrected chi connectivity index (χ1v) is 13.0. The normalized spacial score (nSPS) is 11.2. The molecule has 0 unspecified atom stereocenters. The third-order valence-corrected chi connectivity index (χ3v) is 10.4. The van der Waals surface area contributed by atoms with Gasteiger partial charge in [0.1, 0.15) is 0 Å². The van der Waals surface area contributed by atoms with E-state index >= 15 is 0 Å². The van der Waals surface area contributed by atoms with E-state index in [2.05, 4.69) is 91.0 Å². The number of hydrogen-bond donors (Lipinski definition) is 0. The van der Waals surface area contributed by atoms with Gasteiger partial charge in [-0.1, -0.05) is 64.0 Å². The Hall–Kier alpha value is -1.24. The van der Waals surface area contributed by atoms with E-state index in [-0.39, 0.29) is 41.1 Å². The summed E-state index contributed by atoms with van der Waals surface area (Å²) < 4.78 is 0. The van der Waals surface area contributed by atoms with Crippen molar-refractivity contribution in [3.05, 3.63) is 84.6 Å². The Labute approximate surface area is 204 Å². The smallest absolute Gasteiger partial charge is 0.358 e. The molecule has 0 saturated carbocycles. The quantitative estimate of drug-likeness (QED) is 0.209. The minimum Gasteiger partial charge on any atom is -0.358 e. The van der Waals surface area contributed by atoms with Crippen molar-refractivity contribution >= 4 is 40.0 Å². The molecule has 0 aliphatic carbocycles. The minimum atomic E-state index is -1.88. The van der Waals surface area contributed by atoms with Crippen LogP contribution in [-0.4, -0.2) is 8.07 Å². The largest absolute Gasteiger partial charge is 4.00 e. The van der Waals surface area contributed by atoms with Crippen LogP contribution >= 0.6 is 0 Å². The molecular formula is C28H36SiZr. The summed E-state index contributed by atoms with van der Waals surface area (Å²) in [5.74, 6) is 0. The van der Waals surface area contributed by atoms with Crippen LogP contribution in [0.5, 0.6) is 0 Å². The number of aryl methyl sites for hydroxylation is 6. The van der Waals surface area contributed by atoms with E-state index in [1.165, 1.54) is 54.9 Å². The molecule has 0 spiro atoms. The molecule has 0 fully saturated rings. The molecular weight excluding hydrogens is 456 g/mol. The number of hydrogen-bond acceptors (Lipinski definition) is 0. The van der Waals surface area contributed by atoms with Crippen molar-refractivity contribution in [2.75, 3.05) is 0 Å². The van der Waals surface area contributed by atoms with Gasteiger partial charge in [-0.25, -0.2) is 0 Å². The van der Waals surface area contributed by atoms with Crippen molar-refractivity contribution in [3.8, 4) is 0 Å².